The minimum absolute atomic E-state index is 0.259. The van der Waals surface area contributed by atoms with Crippen molar-refractivity contribution in [3.05, 3.63) is 11.4 Å². The summed E-state index contributed by atoms with van der Waals surface area (Å²) in [6.45, 7) is 1.85. The second-order valence-corrected chi connectivity index (χ2v) is 3.84. The fourth-order valence-corrected chi connectivity index (χ4v) is 1.66. The molecule has 1 rings (SSSR count). The highest BCUT2D eigenvalue weighted by molar-refractivity contribution is 5.88. The number of esters is 1. The molecule has 0 aliphatic rings. The zero-order chi connectivity index (χ0) is 13.4. The van der Waals surface area contributed by atoms with Crippen LogP contribution < -0.4 is 5.73 Å². The molecule has 0 spiro atoms. The lowest BCUT2D eigenvalue weighted by Crippen LogP contribution is -2.14. The maximum Gasteiger partial charge on any atom is 0.360 e. The summed E-state index contributed by atoms with van der Waals surface area (Å²) in [4.78, 5) is 11.5. The maximum atomic E-state index is 11.5. The number of ether oxygens (including phenoxy) is 2. The molecule has 0 unspecified atom stereocenters. The second kappa shape index (κ2) is 7.78. The molecule has 102 valence electrons. The Morgan fingerprint density at radius 2 is 2.17 bits per heavy atom. The predicted octanol–water partition coefficient (Wildman–Crippen LogP) is -0.00750. The van der Waals surface area contributed by atoms with Crippen LogP contribution in [0.4, 0.5) is 0 Å². The van der Waals surface area contributed by atoms with E-state index in [0.29, 0.717) is 26.1 Å². The van der Waals surface area contributed by atoms with E-state index in [4.69, 9.17) is 10.5 Å². The Balaban J connectivity index is 2.71. The molecule has 0 saturated heterocycles. The summed E-state index contributed by atoms with van der Waals surface area (Å²) in [6, 6.07) is 0. The molecule has 0 aliphatic heterocycles. The van der Waals surface area contributed by atoms with Crippen LogP contribution in [0.15, 0.2) is 0 Å². The molecule has 7 heteroatoms. The van der Waals surface area contributed by atoms with E-state index in [0.717, 1.165) is 18.5 Å². The van der Waals surface area contributed by atoms with Gasteiger partial charge in [0.05, 0.1) is 12.8 Å². The molecule has 18 heavy (non-hydrogen) atoms. The Hall–Kier alpha value is -1.47. The number of nitrogens with zero attached hydrogens (tertiary/aromatic N) is 3. The van der Waals surface area contributed by atoms with Gasteiger partial charge in [-0.05, 0) is 19.4 Å². The van der Waals surface area contributed by atoms with E-state index >= 15 is 0 Å². The fourth-order valence-electron chi connectivity index (χ4n) is 1.66. The van der Waals surface area contributed by atoms with Crippen molar-refractivity contribution in [2.75, 3.05) is 27.4 Å². The van der Waals surface area contributed by atoms with Crippen molar-refractivity contribution in [3.63, 3.8) is 0 Å². The number of methoxy groups -OCH3 is 2. The lowest BCUT2D eigenvalue weighted by molar-refractivity contribution is 0.0592. The topological polar surface area (TPSA) is 92.3 Å². The molecule has 0 amide bonds. The Morgan fingerprint density at radius 3 is 2.78 bits per heavy atom. The first-order valence-corrected chi connectivity index (χ1v) is 5.94. The number of nitrogens with two attached hydrogens (primary N) is 1. The highest BCUT2D eigenvalue weighted by atomic mass is 16.5. The minimum atomic E-state index is -0.471. The average Bonchev–Trinajstić information content (AvgIpc) is 2.77. The standard InChI is InChI=1S/C11H20N4O3/c1-17-8-4-3-7-15-9(5-6-12)10(13-14-15)11(16)18-2/h3-8,12H2,1-2H3. The van der Waals surface area contributed by atoms with E-state index in [1.165, 1.54) is 7.11 Å². The second-order valence-electron chi connectivity index (χ2n) is 3.84. The van der Waals surface area contributed by atoms with E-state index in [9.17, 15) is 4.79 Å². The van der Waals surface area contributed by atoms with Crippen LogP contribution in [0.3, 0.4) is 0 Å². The number of carbonyl (C=O) groups is 1. The van der Waals surface area contributed by atoms with Crippen LogP contribution in [-0.2, 0) is 22.4 Å². The van der Waals surface area contributed by atoms with Crippen molar-refractivity contribution in [2.24, 2.45) is 5.73 Å². The normalized spacial score (nSPS) is 10.6. The van der Waals surface area contributed by atoms with Crippen molar-refractivity contribution in [1.82, 2.24) is 15.0 Å². The molecule has 0 aliphatic carbocycles. The third kappa shape index (κ3) is 3.78. The van der Waals surface area contributed by atoms with Crippen LogP contribution in [0.5, 0.6) is 0 Å². The van der Waals surface area contributed by atoms with Crippen molar-refractivity contribution < 1.29 is 14.3 Å². The first kappa shape index (κ1) is 14.6. The lowest BCUT2D eigenvalue weighted by atomic mass is 10.2. The van der Waals surface area contributed by atoms with Gasteiger partial charge in [-0.25, -0.2) is 9.48 Å². The van der Waals surface area contributed by atoms with E-state index in [1.807, 2.05) is 0 Å². The number of aryl methyl sites for hydroxylation is 1. The summed E-state index contributed by atoms with van der Waals surface area (Å²) in [7, 11) is 3.00. The fraction of sp³-hybridized carbons (Fsp3) is 0.727. The summed E-state index contributed by atoms with van der Waals surface area (Å²) in [5.74, 6) is -0.471. The van der Waals surface area contributed by atoms with Crippen molar-refractivity contribution in [1.29, 1.82) is 0 Å². The van der Waals surface area contributed by atoms with Crippen LogP contribution in [-0.4, -0.2) is 48.3 Å². The third-order valence-electron chi connectivity index (χ3n) is 2.57. The number of aromatic nitrogens is 3. The van der Waals surface area contributed by atoms with Gasteiger partial charge in [-0.1, -0.05) is 5.21 Å². The average molecular weight is 256 g/mol. The molecule has 0 bridgehead atoms. The monoisotopic (exact) mass is 256 g/mol. The summed E-state index contributed by atoms with van der Waals surface area (Å²) in [6.07, 6.45) is 2.41. The van der Waals surface area contributed by atoms with Gasteiger partial charge in [-0.15, -0.1) is 5.10 Å². The molecule has 0 saturated carbocycles. The van der Waals surface area contributed by atoms with Crippen LogP contribution >= 0.6 is 0 Å². The number of hydrogen-bond donors (Lipinski definition) is 1. The van der Waals surface area contributed by atoms with Crippen molar-refractivity contribution >= 4 is 5.97 Å². The minimum Gasteiger partial charge on any atom is -0.464 e. The predicted molar refractivity (Wildman–Crippen MR) is 65.2 cm³/mol. The van der Waals surface area contributed by atoms with Gasteiger partial charge in [0.25, 0.3) is 0 Å². The molecular formula is C11H20N4O3. The number of carbonyl (C=O) groups excluding carboxylic acids is 1. The van der Waals surface area contributed by atoms with Gasteiger partial charge < -0.3 is 15.2 Å². The maximum absolute atomic E-state index is 11.5. The number of rotatable bonds is 8. The molecule has 0 atom stereocenters. The summed E-state index contributed by atoms with van der Waals surface area (Å²) in [5, 5.41) is 7.83. The molecule has 1 aromatic heterocycles. The van der Waals surface area contributed by atoms with Gasteiger partial charge in [-0.3, -0.25) is 0 Å². The highest BCUT2D eigenvalue weighted by Crippen LogP contribution is 2.09. The van der Waals surface area contributed by atoms with Gasteiger partial charge in [0.2, 0.25) is 0 Å². The van der Waals surface area contributed by atoms with Crippen molar-refractivity contribution in [2.45, 2.75) is 25.8 Å². The molecule has 0 fully saturated rings. The third-order valence-corrected chi connectivity index (χ3v) is 2.57. The van der Waals surface area contributed by atoms with Gasteiger partial charge in [-0.2, -0.15) is 0 Å². The molecule has 1 aromatic rings. The Bertz CT molecular complexity index is 378. The van der Waals surface area contributed by atoms with E-state index in [-0.39, 0.29) is 5.69 Å². The Morgan fingerprint density at radius 1 is 1.39 bits per heavy atom. The molecule has 0 aromatic carbocycles. The summed E-state index contributed by atoms with van der Waals surface area (Å²) >= 11 is 0. The van der Waals surface area contributed by atoms with Crippen LogP contribution in [0.1, 0.15) is 29.0 Å². The quantitative estimate of drug-likeness (QED) is 0.519. The van der Waals surface area contributed by atoms with E-state index < -0.39 is 5.97 Å². The van der Waals surface area contributed by atoms with Crippen molar-refractivity contribution in [3.8, 4) is 0 Å². The Kier molecular flexibility index (Phi) is 6.31. The van der Waals surface area contributed by atoms with Crippen LogP contribution in [0.2, 0.25) is 0 Å². The zero-order valence-corrected chi connectivity index (χ0v) is 10.9. The first-order chi connectivity index (χ1) is 8.74. The van der Waals surface area contributed by atoms with Crippen LogP contribution in [0.25, 0.3) is 0 Å². The smallest absolute Gasteiger partial charge is 0.360 e. The van der Waals surface area contributed by atoms with Gasteiger partial charge in [0.15, 0.2) is 5.69 Å². The molecule has 0 radical (unpaired) electrons. The molecule has 1 heterocycles. The first-order valence-electron chi connectivity index (χ1n) is 5.94. The zero-order valence-electron chi connectivity index (χ0n) is 10.9. The van der Waals surface area contributed by atoms with E-state index in [2.05, 4.69) is 15.0 Å². The Labute approximate surface area is 106 Å². The van der Waals surface area contributed by atoms with E-state index in [1.54, 1.807) is 11.8 Å². The van der Waals surface area contributed by atoms with Gasteiger partial charge in [0.1, 0.15) is 0 Å². The van der Waals surface area contributed by atoms with Gasteiger partial charge in [0, 0.05) is 26.7 Å². The molecular weight excluding hydrogens is 236 g/mol. The summed E-state index contributed by atoms with van der Waals surface area (Å²) < 4.78 is 11.4. The number of unbranched alkanes of at least 4 members (excludes halogenated alkanes) is 1. The summed E-state index contributed by atoms with van der Waals surface area (Å²) in [5.41, 5.74) is 6.53. The highest BCUT2D eigenvalue weighted by Gasteiger charge is 2.19. The largest absolute Gasteiger partial charge is 0.464 e. The molecule has 7 nitrogen and oxygen atoms in total. The van der Waals surface area contributed by atoms with Gasteiger partial charge >= 0.3 is 5.97 Å². The molecule has 2 N–H and O–H groups in total. The van der Waals surface area contributed by atoms with Crippen LogP contribution in [0, 0.1) is 0 Å². The number of hydrogen-bond acceptors (Lipinski definition) is 6. The SMILES string of the molecule is COCCCCn1nnc(C(=O)OC)c1CCN. The lowest BCUT2D eigenvalue weighted by Gasteiger charge is -2.06.